The average Bonchev–Trinajstić information content (AvgIpc) is 3.16. The van der Waals surface area contributed by atoms with Gasteiger partial charge < -0.3 is 0 Å². The van der Waals surface area contributed by atoms with Crippen LogP contribution in [0.15, 0.2) is 194 Å². The van der Waals surface area contributed by atoms with Crippen molar-refractivity contribution >= 4 is 64.6 Å². The molecule has 0 aliphatic carbocycles. The number of rotatable bonds is 2. The van der Waals surface area contributed by atoms with E-state index in [1.54, 1.807) is 0 Å². The second-order valence-electron chi connectivity index (χ2n) is 12.4. The van der Waals surface area contributed by atoms with Crippen LogP contribution in [0.1, 0.15) is 0 Å². The van der Waals surface area contributed by atoms with Crippen LogP contribution in [0.3, 0.4) is 0 Å². The fraction of sp³-hybridized carbons (Fsp3) is 0. The molecule has 0 heteroatoms. The Hall–Kier alpha value is -6.24. The molecule has 0 radical (unpaired) electrons. The monoisotopic (exact) mass is 608 g/mol. The first-order valence-electron chi connectivity index (χ1n) is 16.6. The molecule has 0 spiro atoms. The molecule has 224 valence electrons. The summed E-state index contributed by atoms with van der Waals surface area (Å²) in [5.74, 6) is 0. The molecule has 0 heterocycles. The number of hydrogen-bond donors (Lipinski definition) is 0. The fourth-order valence-corrected chi connectivity index (χ4v) is 7.52. The van der Waals surface area contributed by atoms with Gasteiger partial charge in [-0.1, -0.05) is 194 Å². The molecule has 0 aliphatic rings. The first-order valence-corrected chi connectivity index (χ1v) is 16.6. The maximum atomic E-state index is 2.36. The molecule has 10 rings (SSSR count). The van der Waals surface area contributed by atoms with E-state index in [2.05, 4.69) is 194 Å². The summed E-state index contributed by atoms with van der Waals surface area (Å²) in [7, 11) is 0. The zero-order valence-corrected chi connectivity index (χ0v) is 26.5. The van der Waals surface area contributed by atoms with Gasteiger partial charge >= 0.3 is 0 Å². The molecule has 2 bridgehead atoms. The summed E-state index contributed by atoms with van der Waals surface area (Å²) in [4.78, 5) is 0. The van der Waals surface area contributed by atoms with Gasteiger partial charge in [-0.15, -0.1) is 0 Å². The lowest BCUT2D eigenvalue weighted by Gasteiger charge is -2.20. The van der Waals surface area contributed by atoms with Crippen LogP contribution in [-0.2, 0) is 0 Å². The van der Waals surface area contributed by atoms with Crippen molar-refractivity contribution in [2.75, 3.05) is 0 Å². The van der Waals surface area contributed by atoms with E-state index in [-0.39, 0.29) is 0 Å². The summed E-state index contributed by atoms with van der Waals surface area (Å²) < 4.78 is 0. The van der Waals surface area contributed by atoms with Crippen molar-refractivity contribution in [2.24, 2.45) is 0 Å². The lowest BCUT2D eigenvalue weighted by Crippen LogP contribution is -1.92. The molecule has 0 N–H and O–H groups in total. The minimum Gasteiger partial charge on any atom is -0.0622 e. The summed E-state index contributed by atoms with van der Waals surface area (Å²) >= 11 is 0. The van der Waals surface area contributed by atoms with Gasteiger partial charge in [0, 0.05) is 0 Å². The van der Waals surface area contributed by atoms with E-state index >= 15 is 0 Å². The predicted octanol–water partition coefficient (Wildman–Crippen LogP) is 13.6. The number of fused-ring (bicyclic) bond motifs is 4. The Morgan fingerprint density at radius 3 is 0.917 bits per heavy atom. The van der Waals surface area contributed by atoms with Crippen molar-refractivity contribution in [3.05, 3.63) is 194 Å². The van der Waals surface area contributed by atoms with Crippen molar-refractivity contribution in [1.82, 2.24) is 0 Å². The third-order valence-electron chi connectivity index (χ3n) is 9.68. The lowest BCUT2D eigenvalue weighted by atomic mass is 9.82. The van der Waals surface area contributed by atoms with Crippen LogP contribution >= 0.6 is 0 Å². The van der Waals surface area contributed by atoms with Gasteiger partial charge in [-0.25, -0.2) is 0 Å². The molecular formula is C48H32. The number of benzene rings is 8. The van der Waals surface area contributed by atoms with Gasteiger partial charge in [0.2, 0.25) is 0 Å². The first kappa shape index (κ1) is 28.0. The normalized spacial score (nSPS) is 11.3. The molecular weight excluding hydrogens is 577 g/mol. The molecule has 0 fully saturated rings. The molecule has 10 aromatic rings. The minimum absolute atomic E-state index is 1.19. The molecule has 0 aliphatic heterocycles. The van der Waals surface area contributed by atoms with Gasteiger partial charge in [-0.05, 0) is 86.9 Å². The van der Waals surface area contributed by atoms with Crippen LogP contribution in [0.25, 0.3) is 86.9 Å². The van der Waals surface area contributed by atoms with Crippen molar-refractivity contribution < 1.29 is 0 Å². The van der Waals surface area contributed by atoms with E-state index in [9.17, 15) is 0 Å². The predicted molar refractivity (Wildman–Crippen MR) is 209 cm³/mol. The van der Waals surface area contributed by atoms with Gasteiger partial charge in [-0.2, -0.15) is 0 Å². The van der Waals surface area contributed by atoms with E-state index in [0.29, 0.717) is 0 Å². The second-order valence-corrected chi connectivity index (χ2v) is 12.4. The molecule has 0 saturated heterocycles. The highest BCUT2D eigenvalue weighted by Crippen LogP contribution is 2.48. The summed E-state index contributed by atoms with van der Waals surface area (Å²) in [5, 5.41) is 14.7. The molecule has 0 saturated carbocycles. The van der Waals surface area contributed by atoms with Crippen molar-refractivity contribution in [3.8, 4) is 22.3 Å². The largest absolute Gasteiger partial charge is 0.0622 e. The molecule has 0 nitrogen and oxygen atoms in total. The van der Waals surface area contributed by atoms with Crippen molar-refractivity contribution in [1.29, 1.82) is 0 Å². The van der Waals surface area contributed by atoms with Crippen LogP contribution in [0.5, 0.6) is 0 Å². The standard InChI is InChI=1S/C48H32/c1-3-19-37(20-4-1)45-41-25-13-14-26-42(41)46(38-21-5-2-6-22-38)48-44-32-31-43(47(45)48)39-23-11-9-17-35(39)29-27-33-15-7-8-16-34(33)28-30-36-18-10-12-24-40(36)44/h1-32H. The Morgan fingerprint density at radius 2 is 0.500 bits per heavy atom. The first-order chi connectivity index (χ1) is 23.8. The SMILES string of the molecule is c1ccc(-c2c3ccccc3c(-c3ccccc3)c3c4ccc(c5ccccc5ccc5ccccc5ccc5ccccc54)c23)cc1. The molecule has 48 heavy (non-hydrogen) atoms. The lowest BCUT2D eigenvalue weighted by molar-refractivity contribution is 1.66. The van der Waals surface area contributed by atoms with Gasteiger partial charge in [0.05, 0.1) is 0 Å². The van der Waals surface area contributed by atoms with Gasteiger partial charge in [0.15, 0.2) is 0 Å². The Balaban J connectivity index is 1.69. The van der Waals surface area contributed by atoms with Crippen LogP contribution in [0.2, 0.25) is 0 Å². The van der Waals surface area contributed by atoms with E-state index in [1.165, 1.54) is 86.9 Å². The summed E-state index contributed by atoms with van der Waals surface area (Å²) in [5.41, 5.74) is 4.96. The molecule has 0 amide bonds. The Kier molecular flexibility index (Phi) is 6.91. The molecule has 0 atom stereocenters. The van der Waals surface area contributed by atoms with Crippen LogP contribution in [-0.4, -0.2) is 0 Å². The average molecular weight is 609 g/mol. The van der Waals surface area contributed by atoms with Crippen LogP contribution in [0, 0.1) is 0 Å². The van der Waals surface area contributed by atoms with Crippen LogP contribution < -0.4 is 0 Å². The quantitative estimate of drug-likeness (QED) is 0.171. The third kappa shape index (κ3) is 4.70. The van der Waals surface area contributed by atoms with Gasteiger partial charge in [-0.3, -0.25) is 0 Å². The second kappa shape index (κ2) is 11.8. The Morgan fingerprint density at radius 1 is 0.188 bits per heavy atom. The highest BCUT2D eigenvalue weighted by atomic mass is 14.2. The van der Waals surface area contributed by atoms with E-state index in [0.717, 1.165) is 0 Å². The maximum Gasteiger partial charge on any atom is -0.000764 e. The highest BCUT2D eigenvalue weighted by Gasteiger charge is 2.20. The summed E-state index contributed by atoms with van der Waals surface area (Å²) in [6.07, 6.45) is 0. The topological polar surface area (TPSA) is 0 Å². The smallest absolute Gasteiger partial charge is 0.000764 e. The Bertz CT molecular complexity index is 2560. The minimum atomic E-state index is 1.19. The molecule has 10 aromatic carbocycles. The van der Waals surface area contributed by atoms with Crippen molar-refractivity contribution in [3.63, 3.8) is 0 Å². The van der Waals surface area contributed by atoms with E-state index < -0.39 is 0 Å². The van der Waals surface area contributed by atoms with E-state index in [4.69, 9.17) is 0 Å². The van der Waals surface area contributed by atoms with Crippen molar-refractivity contribution in [2.45, 2.75) is 0 Å². The summed E-state index contributed by atoms with van der Waals surface area (Å²) in [6, 6.07) is 71.0. The Labute approximate surface area is 280 Å². The highest BCUT2D eigenvalue weighted by molar-refractivity contribution is 6.34. The zero-order chi connectivity index (χ0) is 31.9. The van der Waals surface area contributed by atoms with Crippen LogP contribution in [0.4, 0.5) is 0 Å². The fourth-order valence-electron chi connectivity index (χ4n) is 7.52. The van der Waals surface area contributed by atoms with Gasteiger partial charge in [0.25, 0.3) is 0 Å². The van der Waals surface area contributed by atoms with Gasteiger partial charge in [0.1, 0.15) is 0 Å². The summed E-state index contributed by atoms with van der Waals surface area (Å²) in [6.45, 7) is 0. The zero-order valence-electron chi connectivity index (χ0n) is 26.5. The third-order valence-corrected chi connectivity index (χ3v) is 9.68. The maximum absolute atomic E-state index is 2.36. The number of hydrogen-bond acceptors (Lipinski definition) is 0. The molecule has 0 aromatic heterocycles. The molecule has 0 unspecified atom stereocenters. The van der Waals surface area contributed by atoms with E-state index in [1.807, 2.05) is 0 Å².